The number of nitrogens with zero attached hydrogens (tertiary/aromatic N) is 2. The van der Waals surface area contributed by atoms with Crippen molar-refractivity contribution in [3.63, 3.8) is 0 Å². The SMILES string of the molecule is CCN1CCC(NC(=O)CN2CCCCC2CCO)CC1. The van der Waals surface area contributed by atoms with Crippen molar-refractivity contribution in [3.05, 3.63) is 0 Å². The van der Waals surface area contributed by atoms with E-state index in [4.69, 9.17) is 5.11 Å². The van der Waals surface area contributed by atoms with Gasteiger partial charge in [-0.3, -0.25) is 9.69 Å². The van der Waals surface area contributed by atoms with Crippen LogP contribution in [0.4, 0.5) is 0 Å². The highest BCUT2D eigenvalue weighted by atomic mass is 16.3. The monoisotopic (exact) mass is 297 g/mol. The maximum Gasteiger partial charge on any atom is 0.234 e. The van der Waals surface area contributed by atoms with E-state index < -0.39 is 0 Å². The van der Waals surface area contributed by atoms with Gasteiger partial charge in [0.2, 0.25) is 5.91 Å². The number of aliphatic hydroxyl groups excluding tert-OH is 1. The first-order valence-corrected chi connectivity index (χ1v) is 8.59. The lowest BCUT2D eigenvalue weighted by Crippen LogP contribution is -2.50. The molecule has 2 N–H and O–H groups in total. The fourth-order valence-corrected chi connectivity index (χ4v) is 3.60. The molecule has 2 rings (SSSR count). The van der Waals surface area contributed by atoms with Crippen LogP contribution in [0.5, 0.6) is 0 Å². The van der Waals surface area contributed by atoms with Gasteiger partial charge in [0, 0.05) is 31.8 Å². The largest absolute Gasteiger partial charge is 0.396 e. The van der Waals surface area contributed by atoms with E-state index in [1.165, 1.54) is 12.8 Å². The molecule has 1 atom stereocenters. The van der Waals surface area contributed by atoms with Crippen molar-refractivity contribution in [3.8, 4) is 0 Å². The molecule has 0 saturated carbocycles. The summed E-state index contributed by atoms with van der Waals surface area (Å²) < 4.78 is 0. The van der Waals surface area contributed by atoms with E-state index in [0.717, 1.165) is 51.9 Å². The van der Waals surface area contributed by atoms with E-state index in [1.807, 2.05) is 0 Å². The number of hydrogen-bond acceptors (Lipinski definition) is 4. The van der Waals surface area contributed by atoms with Crippen molar-refractivity contribution in [1.29, 1.82) is 0 Å². The molecule has 2 saturated heterocycles. The summed E-state index contributed by atoms with van der Waals surface area (Å²) in [5.41, 5.74) is 0. The summed E-state index contributed by atoms with van der Waals surface area (Å²) in [5, 5.41) is 12.4. The molecule has 5 heteroatoms. The molecule has 122 valence electrons. The minimum atomic E-state index is 0.162. The highest BCUT2D eigenvalue weighted by molar-refractivity contribution is 5.78. The third-order valence-corrected chi connectivity index (χ3v) is 4.96. The van der Waals surface area contributed by atoms with Crippen LogP contribution < -0.4 is 5.32 Å². The Hall–Kier alpha value is -0.650. The molecular weight excluding hydrogens is 266 g/mol. The third kappa shape index (κ3) is 5.24. The van der Waals surface area contributed by atoms with Crippen LogP contribution in [0.25, 0.3) is 0 Å². The first-order chi connectivity index (χ1) is 10.2. The zero-order chi connectivity index (χ0) is 15.1. The number of likely N-dealkylation sites (tertiary alicyclic amines) is 2. The quantitative estimate of drug-likeness (QED) is 0.762. The summed E-state index contributed by atoms with van der Waals surface area (Å²) in [6.07, 6.45) is 6.44. The predicted octanol–water partition coefficient (Wildman–Crippen LogP) is 0.824. The molecule has 0 aromatic rings. The van der Waals surface area contributed by atoms with Crippen LogP contribution in [-0.4, -0.2) is 72.2 Å². The fourth-order valence-electron chi connectivity index (χ4n) is 3.60. The van der Waals surface area contributed by atoms with Crippen molar-refractivity contribution in [2.45, 2.75) is 57.5 Å². The number of nitrogens with one attached hydrogen (secondary N) is 1. The second-order valence-electron chi connectivity index (χ2n) is 6.41. The van der Waals surface area contributed by atoms with Crippen molar-refractivity contribution < 1.29 is 9.90 Å². The number of aliphatic hydroxyl groups is 1. The molecule has 0 spiro atoms. The lowest BCUT2D eigenvalue weighted by atomic mass is 9.99. The number of carbonyl (C=O) groups excluding carboxylic acids is 1. The molecule has 0 aromatic carbocycles. The van der Waals surface area contributed by atoms with Crippen molar-refractivity contribution >= 4 is 5.91 Å². The molecule has 21 heavy (non-hydrogen) atoms. The van der Waals surface area contributed by atoms with Gasteiger partial charge in [-0.05, 0) is 45.2 Å². The number of rotatable bonds is 6. The third-order valence-electron chi connectivity index (χ3n) is 4.96. The Morgan fingerprint density at radius 1 is 1.19 bits per heavy atom. The molecule has 0 aliphatic carbocycles. The molecule has 0 aromatic heterocycles. The van der Waals surface area contributed by atoms with E-state index in [-0.39, 0.29) is 12.5 Å². The molecule has 2 fully saturated rings. The minimum Gasteiger partial charge on any atom is -0.396 e. The summed E-state index contributed by atoms with van der Waals surface area (Å²) >= 11 is 0. The Kier molecular flexibility index (Phi) is 6.93. The highest BCUT2D eigenvalue weighted by Crippen LogP contribution is 2.19. The molecule has 1 amide bonds. The van der Waals surface area contributed by atoms with Crippen LogP contribution in [-0.2, 0) is 4.79 Å². The second-order valence-corrected chi connectivity index (χ2v) is 6.41. The first-order valence-electron chi connectivity index (χ1n) is 8.59. The van der Waals surface area contributed by atoms with Gasteiger partial charge in [-0.25, -0.2) is 0 Å². The van der Waals surface area contributed by atoms with Gasteiger partial charge in [-0.15, -0.1) is 0 Å². The van der Waals surface area contributed by atoms with Gasteiger partial charge < -0.3 is 15.3 Å². The van der Waals surface area contributed by atoms with E-state index >= 15 is 0 Å². The summed E-state index contributed by atoms with van der Waals surface area (Å²) in [4.78, 5) is 16.9. The van der Waals surface area contributed by atoms with Crippen LogP contribution in [0.2, 0.25) is 0 Å². The zero-order valence-electron chi connectivity index (χ0n) is 13.4. The van der Waals surface area contributed by atoms with E-state index in [0.29, 0.717) is 18.6 Å². The summed E-state index contributed by atoms with van der Waals surface area (Å²) in [5.74, 6) is 0.162. The van der Waals surface area contributed by atoms with Crippen molar-refractivity contribution in [2.24, 2.45) is 0 Å². The summed E-state index contributed by atoms with van der Waals surface area (Å²) in [6, 6.07) is 0.734. The standard InChI is InChI=1S/C16H31N3O2/c1-2-18-10-6-14(7-11-18)17-16(21)13-19-9-4-3-5-15(19)8-12-20/h14-15,20H,2-13H2,1H3,(H,17,21). The van der Waals surface area contributed by atoms with Gasteiger partial charge >= 0.3 is 0 Å². The normalized spacial score (nSPS) is 25.9. The average molecular weight is 297 g/mol. The molecule has 0 radical (unpaired) electrons. The predicted molar refractivity (Wildman–Crippen MR) is 84.2 cm³/mol. The van der Waals surface area contributed by atoms with Crippen molar-refractivity contribution in [1.82, 2.24) is 15.1 Å². The Bertz CT molecular complexity index is 315. The molecular formula is C16H31N3O2. The molecule has 0 bridgehead atoms. The minimum absolute atomic E-state index is 0.162. The van der Waals surface area contributed by atoms with Crippen LogP contribution in [0.15, 0.2) is 0 Å². The zero-order valence-corrected chi connectivity index (χ0v) is 13.4. The van der Waals surface area contributed by atoms with E-state index in [9.17, 15) is 4.79 Å². The molecule has 1 unspecified atom stereocenters. The maximum absolute atomic E-state index is 12.3. The Morgan fingerprint density at radius 2 is 1.95 bits per heavy atom. The number of piperidine rings is 2. The van der Waals surface area contributed by atoms with Crippen LogP contribution in [0.3, 0.4) is 0 Å². The highest BCUT2D eigenvalue weighted by Gasteiger charge is 2.25. The van der Waals surface area contributed by atoms with Crippen LogP contribution in [0.1, 0.15) is 45.4 Å². The van der Waals surface area contributed by atoms with Gasteiger partial charge in [0.25, 0.3) is 0 Å². The van der Waals surface area contributed by atoms with Gasteiger partial charge in [0.15, 0.2) is 0 Å². The smallest absolute Gasteiger partial charge is 0.234 e. The van der Waals surface area contributed by atoms with E-state index in [2.05, 4.69) is 22.0 Å². The van der Waals surface area contributed by atoms with Gasteiger partial charge in [0.05, 0.1) is 6.54 Å². The van der Waals surface area contributed by atoms with Gasteiger partial charge in [-0.1, -0.05) is 13.3 Å². The Balaban J connectivity index is 1.73. The second kappa shape index (κ2) is 8.71. The van der Waals surface area contributed by atoms with Crippen LogP contribution in [0, 0.1) is 0 Å². The van der Waals surface area contributed by atoms with Gasteiger partial charge in [0.1, 0.15) is 0 Å². The summed E-state index contributed by atoms with van der Waals surface area (Å²) in [7, 11) is 0. The topological polar surface area (TPSA) is 55.8 Å². The van der Waals surface area contributed by atoms with Crippen LogP contribution >= 0.6 is 0 Å². The molecule has 5 nitrogen and oxygen atoms in total. The molecule has 2 aliphatic heterocycles. The number of carbonyl (C=O) groups is 1. The van der Waals surface area contributed by atoms with Crippen molar-refractivity contribution in [2.75, 3.05) is 39.3 Å². The average Bonchev–Trinajstić information content (AvgIpc) is 2.50. The van der Waals surface area contributed by atoms with E-state index in [1.54, 1.807) is 0 Å². The fraction of sp³-hybridized carbons (Fsp3) is 0.938. The van der Waals surface area contributed by atoms with Gasteiger partial charge in [-0.2, -0.15) is 0 Å². The number of amides is 1. The Morgan fingerprint density at radius 3 is 2.62 bits per heavy atom. The summed E-state index contributed by atoms with van der Waals surface area (Å²) in [6.45, 7) is 7.20. The lowest BCUT2D eigenvalue weighted by molar-refractivity contribution is -0.124. The molecule has 2 heterocycles. The first kappa shape index (κ1) is 16.7. The molecule has 2 aliphatic rings. The maximum atomic E-state index is 12.3. The lowest BCUT2D eigenvalue weighted by Gasteiger charge is -2.36. The Labute approximate surface area is 128 Å². The number of hydrogen-bond donors (Lipinski definition) is 2.